The number of benzene rings is 1. The minimum Gasteiger partial charge on any atom is -0.490 e. The second-order valence-electron chi connectivity index (χ2n) is 6.02. The van der Waals surface area contributed by atoms with Crippen molar-refractivity contribution in [2.24, 2.45) is 0 Å². The van der Waals surface area contributed by atoms with Crippen molar-refractivity contribution in [2.45, 2.75) is 13.5 Å². The lowest BCUT2D eigenvalue weighted by Gasteiger charge is -2.16. The normalized spacial score (nSPS) is 14.8. The summed E-state index contributed by atoms with van der Waals surface area (Å²) in [6.45, 7) is 7.40. The van der Waals surface area contributed by atoms with Crippen molar-refractivity contribution in [3.63, 3.8) is 0 Å². The van der Waals surface area contributed by atoms with Gasteiger partial charge in [-0.3, -0.25) is 9.69 Å². The van der Waals surface area contributed by atoms with Crippen molar-refractivity contribution in [3.8, 4) is 5.75 Å². The zero-order valence-corrected chi connectivity index (χ0v) is 14.4. The zero-order chi connectivity index (χ0) is 16.7. The van der Waals surface area contributed by atoms with Gasteiger partial charge in [0.15, 0.2) is 0 Å². The summed E-state index contributed by atoms with van der Waals surface area (Å²) < 4.78 is 5.91. The van der Waals surface area contributed by atoms with Crippen LogP contribution in [-0.4, -0.2) is 69.1 Å². The summed E-state index contributed by atoms with van der Waals surface area (Å²) in [7, 11) is 3.97. The molecule has 23 heavy (non-hydrogen) atoms. The molecule has 0 aromatic heterocycles. The van der Waals surface area contributed by atoms with E-state index in [1.807, 2.05) is 31.1 Å². The molecule has 2 rings (SSSR count). The fourth-order valence-electron chi connectivity index (χ4n) is 2.54. The molecule has 0 bridgehead atoms. The standard InChI is InChI=1S/C17H28N4O2/c1-4-21-10-11-23-17-14(13-21)6-5-7-15(17)19-12-16(22)18-8-9-20(2)3/h5-7,19H,4,8-13H2,1-3H3,(H,18,22). The van der Waals surface area contributed by atoms with Crippen molar-refractivity contribution >= 4 is 11.6 Å². The Kier molecular flexibility index (Phi) is 6.67. The maximum absolute atomic E-state index is 11.9. The Balaban J connectivity index is 1.92. The number of hydrogen-bond acceptors (Lipinski definition) is 5. The summed E-state index contributed by atoms with van der Waals surface area (Å²) in [5, 5.41) is 6.10. The topological polar surface area (TPSA) is 56.8 Å². The van der Waals surface area contributed by atoms with Gasteiger partial charge in [0.2, 0.25) is 5.91 Å². The van der Waals surface area contributed by atoms with Gasteiger partial charge in [0, 0.05) is 31.7 Å². The highest BCUT2D eigenvalue weighted by molar-refractivity contribution is 5.81. The molecule has 1 aliphatic heterocycles. The van der Waals surface area contributed by atoms with Crippen LogP contribution in [0.25, 0.3) is 0 Å². The number of hydrogen-bond donors (Lipinski definition) is 2. The average molecular weight is 320 g/mol. The zero-order valence-electron chi connectivity index (χ0n) is 14.4. The molecule has 128 valence electrons. The van der Waals surface area contributed by atoms with E-state index in [1.165, 1.54) is 5.56 Å². The first-order valence-corrected chi connectivity index (χ1v) is 8.22. The Bertz CT molecular complexity index is 519. The summed E-state index contributed by atoms with van der Waals surface area (Å²) in [4.78, 5) is 16.3. The number of fused-ring (bicyclic) bond motifs is 1. The number of carbonyl (C=O) groups excluding carboxylic acids is 1. The first-order chi connectivity index (χ1) is 11.1. The van der Waals surface area contributed by atoms with Gasteiger partial charge in [0.25, 0.3) is 0 Å². The number of ether oxygens (including phenoxy) is 1. The van der Waals surface area contributed by atoms with E-state index < -0.39 is 0 Å². The predicted molar refractivity (Wildman–Crippen MR) is 92.9 cm³/mol. The van der Waals surface area contributed by atoms with E-state index in [2.05, 4.69) is 28.5 Å². The summed E-state index contributed by atoms with van der Waals surface area (Å²) in [6.07, 6.45) is 0. The Morgan fingerprint density at radius 1 is 1.39 bits per heavy atom. The molecule has 1 aromatic carbocycles. The molecule has 6 nitrogen and oxygen atoms in total. The molecule has 6 heteroatoms. The number of anilines is 1. The SMILES string of the molecule is CCN1CCOc2c(cccc2NCC(=O)NCCN(C)C)C1. The number of para-hydroxylation sites is 1. The molecule has 1 heterocycles. The highest BCUT2D eigenvalue weighted by atomic mass is 16.5. The summed E-state index contributed by atoms with van der Waals surface area (Å²) in [5.74, 6) is 0.873. The van der Waals surface area contributed by atoms with Crippen molar-refractivity contribution in [1.29, 1.82) is 0 Å². The third-order valence-electron chi connectivity index (χ3n) is 3.91. The van der Waals surface area contributed by atoms with Gasteiger partial charge in [-0.25, -0.2) is 0 Å². The molecule has 1 aliphatic rings. The quantitative estimate of drug-likeness (QED) is 0.785. The van der Waals surface area contributed by atoms with Crippen LogP contribution in [0.4, 0.5) is 5.69 Å². The molecular formula is C17H28N4O2. The van der Waals surface area contributed by atoms with E-state index in [0.717, 1.165) is 37.6 Å². The summed E-state index contributed by atoms with van der Waals surface area (Å²) >= 11 is 0. The van der Waals surface area contributed by atoms with Crippen LogP contribution in [0.5, 0.6) is 5.75 Å². The number of nitrogens with zero attached hydrogens (tertiary/aromatic N) is 2. The molecule has 0 aliphatic carbocycles. The fraction of sp³-hybridized carbons (Fsp3) is 0.588. The van der Waals surface area contributed by atoms with Crippen LogP contribution in [0.3, 0.4) is 0 Å². The molecule has 0 saturated heterocycles. The number of carbonyl (C=O) groups is 1. The number of likely N-dealkylation sites (N-methyl/N-ethyl adjacent to an activating group) is 2. The molecule has 0 unspecified atom stereocenters. The third-order valence-corrected chi connectivity index (χ3v) is 3.91. The van der Waals surface area contributed by atoms with E-state index in [9.17, 15) is 4.79 Å². The molecular weight excluding hydrogens is 292 g/mol. The van der Waals surface area contributed by atoms with Crippen LogP contribution in [0.2, 0.25) is 0 Å². The average Bonchev–Trinajstić information content (AvgIpc) is 2.74. The number of nitrogens with one attached hydrogen (secondary N) is 2. The number of rotatable bonds is 7. The molecule has 0 fully saturated rings. The van der Waals surface area contributed by atoms with Gasteiger partial charge in [0.1, 0.15) is 12.4 Å². The molecule has 2 N–H and O–H groups in total. The van der Waals surface area contributed by atoms with Crippen molar-refractivity contribution in [2.75, 3.05) is 58.7 Å². The maximum atomic E-state index is 11.9. The van der Waals surface area contributed by atoms with E-state index in [4.69, 9.17) is 4.74 Å². The second-order valence-corrected chi connectivity index (χ2v) is 6.02. The molecule has 0 radical (unpaired) electrons. The van der Waals surface area contributed by atoms with Crippen LogP contribution in [-0.2, 0) is 11.3 Å². The minimum atomic E-state index is -0.00624. The van der Waals surface area contributed by atoms with E-state index >= 15 is 0 Å². The van der Waals surface area contributed by atoms with Crippen LogP contribution in [0.15, 0.2) is 18.2 Å². The molecule has 0 saturated carbocycles. The Hall–Kier alpha value is -1.79. The van der Waals surface area contributed by atoms with Crippen molar-refractivity contribution < 1.29 is 9.53 Å². The molecule has 0 spiro atoms. The van der Waals surface area contributed by atoms with Crippen LogP contribution in [0, 0.1) is 0 Å². The second kappa shape index (κ2) is 8.74. The van der Waals surface area contributed by atoms with Gasteiger partial charge in [-0.2, -0.15) is 0 Å². The highest BCUT2D eigenvalue weighted by Gasteiger charge is 2.17. The lowest BCUT2D eigenvalue weighted by molar-refractivity contribution is -0.119. The first-order valence-electron chi connectivity index (χ1n) is 8.22. The third kappa shape index (κ3) is 5.41. The van der Waals surface area contributed by atoms with Gasteiger partial charge < -0.3 is 20.3 Å². The van der Waals surface area contributed by atoms with Gasteiger partial charge >= 0.3 is 0 Å². The summed E-state index contributed by atoms with van der Waals surface area (Å²) in [5.41, 5.74) is 2.06. The number of amides is 1. The Morgan fingerprint density at radius 2 is 2.22 bits per heavy atom. The van der Waals surface area contributed by atoms with Gasteiger partial charge in [-0.05, 0) is 26.7 Å². The molecule has 1 amide bonds. The summed E-state index contributed by atoms with van der Waals surface area (Å²) in [6, 6.07) is 6.06. The largest absolute Gasteiger partial charge is 0.490 e. The van der Waals surface area contributed by atoms with Crippen LogP contribution in [0.1, 0.15) is 12.5 Å². The van der Waals surface area contributed by atoms with Crippen LogP contribution < -0.4 is 15.4 Å². The van der Waals surface area contributed by atoms with Gasteiger partial charge in [0.05, 0.1) is 12.2 Å². The molecule has 0 atom stereocenters. The Labute approximate surface area is 138 Å². The fourth-order valence-corrected chi connectivity index (χ4v) is 2.54. The lowest BCUT2D eigenvalue weighted by Crippen LogP contribution is -2.35. The predicted octanol–water partition coefficient (Wildman–Crippen LogP) is 0.991. The van der Waals surface area contributed by atoms with E-state index in [-0.39, 0.29) is 12.5 Å². The molecule has 1 aromatic rings. The maximum Gasteiger partial charge on any atom is 0.239 e. The van der Waals surface area contributed by atoms with E-state index in [1.54, 1.807) is 0 Å². The monoisotopic (exact) mass is 320 g/mol. The van der Waals surface area contributed by atoms with Crippen molar-refractivity contribution in [3.05, 3.63) is 23.8 Å². The van der Waals surface area contributed by atoms with Crippen LogP contribution >= 0.6 is 0 Å². The smallest absolute Gasteiger partial charge is 0.239 e. The van der Waals surface area contributed by atoms with Gasteiger partial charge in [-0.15, -0.1) is 0 Å². The Morgan fingerprint density at radius 3 is 2.96 bits per heavy atom. The lowest BCUT2D eigenvalue weighted by atomic mass is 10.1. The minimum absolute atomic E-state index is 0.00624. The highest BCUT2D eigenvalue weighted by Crippen LogP contribution is 2.31. The van der Waals surface area contributed by atoms with Crippen molar-refractivity contribution in [1.82, 2.24) is 15.1 Å². The van der Waals surface area contributed by atoms with Gasteiger partial charge in [-0.1, -0.05) is 19.1 Å². The van der Waals surface area contributed by atoms with E-state index in [0.29, 0.717) is 13.2 Å². The first kappa shape index (κ1) is 17.6.